The number of carbonyl (C=O) groups is 1. The molecule has 1 unspecified atom stereocenters. The standard InChI is InChI=1S/C15H20N2O4/c1-11(12-7-3-4-8-13(12)17(19)20)15(21-14(16)18)9-5-2-6-10-15/h3-4,7-8,11H,2,5-6,9-10H2,1H3,(H2,16,18). The summed E-state index contributed by atoms with van der Waals surface area (Å²) in [4.78, 5) is 22.1. The molecule has 114 valence electrons. The van der Waals surface area contributed by atoms with Crippen molar-refractivity contribution in [1.82, 2.24) is 0 Å². The van der Waals surface area contributed by atoms with E-state index in [0.29, 0.717) is 18.4 Å². The van der Waals surface area contributed by atoms with Crippen molar-refractivity contribution in [2.45, 2.75) is 50.5 Å². The second kappa shape index (κ2) is 6.11. The smallest absolute Gasteiger partial charge is 0.405 e. The first kappa shape index (κ1) is 15.3. The fourth-order valence-corrected chi connectivity index (χ4v) is 3.28. The number of nitrogens with zero attached hydrogens (tertiary/aromatic N) is 1. The van der Waals surface area contributed by atoms with Crippen LogP contribution in [-0.2, 0) is 4.74 Å². The number of carbonyl (C=O) groups excluding carboxylic acids is 1. The van der Waals surface area contributed by atoms with Gasteiger partial charge < -0.3 is 10.5 Å². The Kier molecular flexibility index (Phi) is 4.45. The minimum Gasteiger partial charge on any atom is -0.442 e. The summed E-state index contributed by atoms with van der Waals surface area (Å²) in [6.07, 6.45) is 3.48. The van der Waals surface area contributed by atoms with Crippen molar-refractivity contribution in [3.8, 4) is 0 Å². The monoisotopic (exact) mass is 292 g/mol. The molecule has 1 amide bonds. The van der Waals surface area contributed by atoms with Crippen LogP contribution in [0, 0.1) is 10.1 Å². The summed E-state index contributed by atoms with van der Waals surface area (Å²) < 4.78 is 5.45. The van der Waals surface area contributed by atoms with Crippen LogP contribution in [0.5, 0.6) is 0 Å². The maximum absolute atomic E-state index is 11.3. The predicted octanol–water partition coefficient (Wildman–Crippen LogP) is 3.50. The van der Waals surface area contributed by atoms with Gasteiger partial charge in [0.15, 0.2) is 0 Å². The normalized spacial score (nSPS) is 18.7. The molecule has 0 radical (unpaired) electrons. The van der Waals surface area contributed by atoms with Gasteiger partial charge in [0.25, 0.3) is 5.69 Å². The minimum absolute atomic E-state index is 0.0584. The van der Waals surface area contributed by atoms with Gasteiger partial charge in [-0.3, -0.25) is 10.1 Å². The Morgan fingerprint density at radius 3 is 2.52 bits per heavy atom. The Bertz CT molecular complexity index is 538. The van der Waals surface area contributed by atoms with Crippen molar-refractivity contribution < 1.29 is 14.5 Å². The third kappa shape index (κ3) is 3.15. The minimum atomic E-state index is -0.817. The molecule has 0 heterocycles. The first-order chi connectivity index (χ1) is 9.96. The number of amides is 1. The van der Waals surface area contributed by atoms with Crippen LogP contribution in [0.3, 0.4) is 0 Å². The summed E-state index contributed by atoms with van der Waals surface area (Å²) in [5, 5.41) is 11.2. The number of benzene rings is 1. The van der Waals surface area contributed by atoms with Gasteiger partial charge in [0, 0.05) is 17.5 Å². The molecule has 2 N–H and O–H groups in total. The maximum Gasteiger partial charge on any atom is 0.405 e. The van der Waals surface area contributed by atoms with Crippen LogP contribution >= 0.6 is 0 Å². The van der Waals surface area contributed by atoms with Crippen LogP contribution in [0.15, 0.2) is 24.3 Å². The first-order valence-electron chi connectivity index (χ1n) is 7.18. The predicted molar refractivity (Wildman–Crippen MR) is 78.0 cm³/mol. The van der Waals surface area contributed by atoms with Gasteiger partial charge in [-0.25, -0.2) is 4.79 Å². The van der Waals surface area contributed by atoms with E-state index in [1.165, 1.54) is 6.07 Å². The number of primary amides is 1. The number of nitro benzene ring substituents is 1. The summed E-state index contributed by atoms with van der Waals surface area (Å²) in [5.41, 5.74) is 5.13. The summed E-state index contributed by atoms with van der Waals surface area (Å²) in [6.45, 7) is 1.87. The third-order valence-corrected chi connectivity index (χ3v) is 4.39. The summed E-state index contributed by atoms with van der Waals surface area (Å²) in [7, 11) is 0. The van der Waals surface area contributed by atoms with Crippen molar-refractivity contribution in [2.75, 3.05) is 0 Å². The highest BCUT2D eigenvalue weighted by atomic mass is 16.6. The largest absolute Gasteiger partial charge is 0.442 e. The number of ether oxygens (including phenoxy) is 1. The number of para-hydroxylation sites is 1. The van der Waals surface area contributed by atoms with Crippen molar-refractivity contribution in [3.63, 3.8) is 0 Å². The Morgan fingerprint density at radius 1 is 1.33 bits per heavy atom. The zero-order valence-electron chi connectivity index (χ0n) is 12.1. The van der Waals surface area contributed by atoms with Crippen LogP contribution < -0.4 is 5.73 Å². The average molecular weight is 292 g/mol. The van der Waals surface area contributed by atoms with E-state index >= 15 is 0 Å². The maximum atomic E-state index is 11.3. The van der Waals surface area contributed by atoms with Gasteiger partial charge in [0.1, 0.15) is 5.60 Å². The van der Waals surface area contributed by atoms with E-state index in [1.807, 2.05) is 6.92 Å². The van der Waals surface area contributed by atoms with Gasteiger partial charge in [0.2, 0.25) is 0 Å². The van der Waals surface area contributed by atoms with Crippen LogP contribution in [0.2, 0.25) is 0 Å². The molecule has 1 aliphatic rings. The van der Waals surface area contributed by atoms with Gasteiger partial charge in [-0.15, -0.1) is 0 Å². The molecule has 1 atom stereocenters. The molecule has 21 heavy (non-hydrogen) atoms. The molecule has 0 spiro atoms. The topological polar surface area (TPSA) is 95.5 Å². The number of nitrogens with two attached hydrogens (primary N) is 1. The van der Waals surface area contributed by atoms with Crippen molar-refractivity contribution >= 4 is 11.8 Å². The highest BCUT2D eigenvalue weighted by Crippen LogP contribution is 2.44. The molecule has 1 aromatic carbocycles. The quantitative estimate of drug-likeness (QED) is 0.678. The van der Waals surface area contributed by atoms with Crippen LogP contribution in [0.4, 0.5) is 10.5 Å². The second-order valence-electron chi connectivity index (χ2n) is 5.58. The summed E-state index contributed by atoms with van der Waals surface area (Å²) in [6, 6.07) is 6.60. The highest BCUT2D eigenvalue weighted by Gasteiger charge is 2.43. The zero-order chi connectivity index (χ0) is 15.5. The molecular formula is C15H20N2O4. The molecular weight excluding hydrogens is 272 g/mol. The van der Waals surface area contributed by atoms with Crippen LogP contribution in [-0.4, -0.2) is 16.6 Å². The molecule has 1 fully saturated rings. The van der Waals surface area contributed by atoms with Gasteiger partial charge in [0.05, 0.1) is 4.92 Å². The molecule has 6 heteroatoms. The first-order valence-corrected chi connectivity index (χ1v) is 7.18. The number of hydrogen-bond donors (Lipinski definition) is 1. The lowest BCUT2D eigenvalue weighted by molar-refractivity contribution is -0.386. The van der Waals surface area contributed by atoms with Crippen molar-refractivity contribution in [3.05, 3.63) is 39.9 Å². The molecule has 2 rings (SSSR count). The molecule has 0 bridgehead atoms. The Hall–Kier alpha value is -2.11. The van der Waals surface area contributed by atoms with Crippen molar-refractivity contribution in [1.29, 1.82) is 0 Å². The number of rotatable bonds is 4. The molecule has 0 aromatic heterocycles. The lowest BCUT2D eigenvalue weighted by Crippen LogP contribution is -2.43. The molecule has 1 saturated carbocycles. The highest BCUT2D eigenvalue weighted by molar-refractivity contribution is 5.65. The van der Waals surface area contributed by atoms with Gasteiger partial charge in [-0.1, -0.05) is 31.5 Å². The molecule has 6 nitrogen and oxygen atoms in total. The zero-order valence-corrected chi connectivity index (χ0v) is 12.1. The van der Waals surface area contributed by atoms with Crippen molar-refractivity contribution in [2.24, 2.45) is 5.73 Å². The molecule has 0 saturated heterocycles. The van der Waals surface area contributed by atoms with Crippen LogP contribution in [0.1, 0.15) is 50.5 Å². The van der Waals surface area contributed by atoms with Crippen LogP contribution in [0.25, 0.3) is 0 Å². The molecule has 0 aliphatic heterocycles. The van der Waals surface area contributed by atoms with E-state index in [1.54, 1.807) is 18.2 Å². The Labute approximate surface area is 123 Å². The fourth-order valence-electron chi connectivity index (χ4n) is 3.28. The van der Waals surface area contributed by atoms with Gasteiger partial charge in [-0.2, -0.15) is 0 Å². The number of nitro groups is 1. The average Bonchev–Trinajstić information content (AvgIpc) is 2.46. The number of hydrogen-bond acceptors (Lipinski definition) is 4. The fraction of sp³-hybridized carbons (Fsp3) is 0.533. The summed E-state index contributed by atoms with van der Waals surface area (Å²) >= 11 is 0. The Balaban J connectivity index is 2.40. The lowest BCUT2D eigenvalue weighted by Gasteiger charge is -2.40. The van der Waals surface area contributed by atoms with E-state index < -0.39 is 16.6 Å². The van der Waals surface area contributed by atoms with Gasteiger partial charge in [-0.05, 0) is 25.7 Å². The molecule has 1 aliphatic carbocycles. The molecule has 1 aromatic rings. The van der Waals surface area contributed by atoms with E-state index in [2.05, 4.69) is 0 Å². The van der Waals surface area contributed by atoms with E-state index in [-0.39, 0.29) is 11.6 Å². The Morgan fingerprint density at radius 2 is 1.95 bits per heavy atom. The van der Waals surface area contributed by atoms with Gasteiger partial charge >= 0.3 is 6.09 Å². The van der Waals surface area contributed by atoms with E-state index in [0.717, 1.165) is 19.3 Å². The van der Waals surface area contributed by atoms with E-state index in [4.69, 9.17) is 10.5 Å². The SMILES string of the molecule is CC(c1ccccc1[N+](=O)[O-])C1(OC(N)=O)CCCCC1. The summed E-state index contributed by atoms with van der Waals surface area (Å²) in [5.74, 6) is -0.271. The second-order valence-corrected chi connectivity index (χ2v) is 5.58. The van der Waals surface area contributed by atoms with E-state index in [9.17, 15) is 14.9 Å². The lowest BCUT2D eigenvalue weighted by atomic mass is 9.73. The third-order valence-electron chi connectivity index (χ3n) is 4.39.